The third-order valence-electron chi connectivity index (χ3n) is 2.63. The summed E-state index contributed by atoms with van der Waals surface area (Å²) in [4.78, 5) is 2.63. The Morgan fingerprint density at radius 3 is 2.76 bits per heavy atom. The topological polar surface area (TPSA) is 38.5 Å². The summed E-state index contributed by atoms with van der Waals surface area (Å²) in [5, 5.41) is 0. The Labute approximate surface area is 109 Å². The van der Waals surface area contributed by atoms with Crippen LogP contribution in [0.5, 0.6) is 5.75 Å². The van der Waals surface area contributed by atoms with E-state index in [2.05, 4.69) is 18.9 Å². The van der Waals surface area contributed by atoms with Crippen LogP contribution >= 0.6 is 12.2 Å². The van der Waals surface area contributed by atoms with Crippen molar-refractivity contribution in [3.05, 3.63) is 29.8 Å². The number of benzene rings is 1. The molecule has 0 atom stereocenters. The van der Waals surface area contributed by atoms with Crippen LogP contribution in [0.2, 0.25) is 0 Å². The van der Waals surface area contributed by atoms with Gasteiger partial charge in [0.25, 0.3) is 0 Å². The number of para-hydroxylation sites is 1. The third-order valence-corrected chi connectivity index (χ3v) is 2.85. The van der Waals surface area contributed by atoms with Gasteiger partial charge in [-0.15, -0.1) is 0 Å². The smallest absolute Gasteiger partial charge is 0.129 e. The van der Waals surface area contributed by atoms with E-state index in [1.165, 1.54) is 0 Å². The van der Waals surface area contributed by atoms with Gasteiger partial charge in [0.15, 0.2) is 0 Å². The second kappa shape index (κ2) is 7.25. The highest BCUT2D eigenvalue weighted by Crippen LogP contribution is 2.17. The van der Waals surface area contributed by atoms with Crippen LogP contribution in [0.1, 0.15) is 18.9 Å². The fourth-order valence-corrected chi connectivity index (χ4v) is 1.64. The highest BCUT2D eigenvalue weighted by Gasteiger charge is 2.04. The Kier molecular flexibility index (Phi) is 5.94. The molecule has 0 bridgehead atoms. The summed E-state index contributed by atoms with van der Waals surface area (Å²) >= 11 is 4.98. The Hall–Kier alpha value is -1.13. The molecule has 0 aliphatic rings. The summed E-state index contributed by atoms with van der Waals surface area (Å²) in [7, 11) is 2.10. The third kappa shape index (κ3) is 4.71. The van der Waals surface area contributed by atoms with Gasteiger partial charge in [-0.3, -0.25) is 0 Å². The van der Waals surface area contributed by atoms with Gasteiger partial charge in [-0.25, -0.2) is 0 Å². The first-order valence-corrected chi connectivity index (χ1v) is 6.26. The van der Waals surface area contributed by atoms with E-state index >= 15 is 0 Å². The van der Waals surface area contributed by atoms with Crippen molar-refractivity contribution in [1.82, 2.24) is 4.90 Å². The van der Waals surface area contributed by atoms with Crippen molar-refractivity contribution in [3.8, 4) is 5.75 Å². The maximum atomic E-state index is 5.70. The molecule has 0 aliphatic carbocycles. The molecule has 0 saturated carbocycles. The predicted octanol–water partition coefficient (Wildman–Crippen LogP) is 2.04. The first-order valence-electron chi connectivity index (χ1n) is 5.85. The summed E-state index contributed by atoms with van der Waals surface area (Å²) in [5.41, 5.74) is 6.44. The molecule has 0 radical (unpaired) electrons. The van der Waals surface area contributed by atoms with E-state index in [9.17, 15) is 0 Å². The lowest BCUT2D eigenvalue weighted by Gasteiger charge is -2.14. The number of hydrogen-bond acceptors (Lipinski definition) is 3. The van der Waals surface area contributed by atoms with E-state index in [1.807, 2.05) is 24.3 Å². The summed E-state index contributed by atoms with van der Waals surface area (Å²) in [6.07, 6.45) is 0.996. The minimum atomic E-state index is 0.381. The fraction of sp³-hybridized carbons (Fsp3) is 0.462. The van der Waals surface area contributed by atoms with Crippen molar-refractivity contribution in [2.45, 2.75) is 13.3 Å². The van der Waals surface area contributed by atoms with Crippen molar-refractivity contribution >= 4 is 17.2 Å². The van der Waals surface area contributed by atoms with E-state index in [-0.39, 0.29) is 0 Å². The summed E-state index contributed by atoms with van der Waals surface area (Å²) in [6, 6.07) is 7.62. The second-order valence-corrected chi connectivity index (χ2v) is 4.40. The van der Waals surface area contributed by atoms with Crippen LogP contribution in [0, 0.1) is 0 Å². The molecule has 0 unspecified atom stereocenters. The number of hydrogen-bond donors (Lipinski definition) is 1. The molecular formula is C13H20N2OS. The van der Waals surface area contributed by atoms with E-state index in [0.29, 0.717) is 11.6 Å². The first-order chi connectivity index (χ1) is 8.15. The number of rotatable bonds is 7. The van der Waals surface area contributed by atoms with Gasteiger partial charge in [0, 0.05) is 6.54 Å². The SMILES string of the molecule is CCN(C)CCCOc1ccccc1C(N)=S. The Bertz CT molecular complexity index is 368. The largest absolute Gasteiger partial charge is 0.493 e. The Balaban J connectivity index is 2.44. The zero-order chi connectivity index (χ0) is 12.7. The Morgan fingerprint density at radius 1 is 1.41 bits per heavy atom. The zero-order valence-electron chi connectivity index (χ0n) is 10.5. The normalized spacial score (nSPS) is 10.5. The maximum Gasteiger partial charge on any atom is 0.129 e. The van der Waals surface area contributed by atoms with Gasteiger partial charge in [0.1, 0.15) is 10.7 Å². The molecule has 94 valence electrons. The molecule has 1 aromatic rings. The lowest BCUT2D eigenvalue weighted by Crippen LogP contribution is -2.20. The van der Waals surface area contributed by atoms with Crippen LogP contribution in [0.4, 0.5) is 0 Å². The van der Waals surface area contributed by atoms with Crippen LogP contribution in [-0.4, -0.2) is 36.6 Å². The van der Waals surface area contributed by atoms with E-state index < -0.39 is 0 Å². The fourth-order valence-electron chi connectivity index (χ4n) is 1.47. The van der Waals surface area contributed by atoms with Crippen molar-refractivity contribution in [2.24, 2.45) is 5.73 Å². The predicted molar refractivity (Wildman–Crippen MR) is 75.6 cm³/mol. The average Bonchev–Trinajstić information content (AvgIpc) is 2.34. The van der Waals surface area contributed by atoms with Crippen LogP contribution in [0.25, 0.3) is 0 Å². The average molecular weight is 252 g/mol. The van der Waals surface area contributed by atoms with E-state index in [1.54, 1.807) is 0 Å². The molecule has 0 aromatic heterocycles. The lowest BCUT2D eigenvalue weighted by molar-refractivity contribution is 0.268. The standard InChI is InChI=1S/C13H20N2OS/c1-3-15(2)9-6-10-16-12-8-5-4-7-11(12)13(14)17/h4-5,7-8H,3,6,9-10H2,1-2H3,(H2,14,17). The molecule has 0 fully saturated rings. The number of nitrogens with two attached hydrogens (primary N) is 1. The van der Waals surface area contributed by atoms with Gasteiger partial charge in [-0.05, 0) is 32.1 Å². The molecule has 0 aliphatic heterocycles. The van der Waals surface area contributed by atoms with Gasteiger partial charge >= 0.3 is 0 Å². The van der Waals surface area contributed by atoms with Crippen molar-refractivity contribution < 1.29 is 4.74 Å². The quantitative estimate of drug-likeness (QED) is 0.595. The maximum absolute atomic E-state index is 5.70. The summed E-state index contributed by atoms with van der Waals surface area (Å²) in [5.74, 6) is 0.777. The molecule has 0 heterocycles. The van der Waals surface area contributed by atoms with E-state index in [4.69, 9.17) is 22.7 Å². The van der Waals surface area contributed by atoms with Gasteiger partial charge in [-0.2, -0.15) is 0 Å². The molecule has 3 nitrogen and oxygen atoms in total. The monoisotopic (exact) mass is 252 g/mol. The lowest BCUT2D eigenvalue weighted by atomic mass is 10.2. The number of thiocarbonyl (C=S) groups is 1. The zero-order valence-corrected chi connectivity index (χ0v) is 11.3. The Morgan fingerprint density at radius 2 is 2.12 bits per heavy atom. The van der Waals surface area contributed by atoms with Gasteiger partial charge < -0.3 is 15.4 Å². The van der Waals surface area contributed by atoms with Gasteiger partial charge in [-0.1, -0.05) is 31.3 Å². The minimum absolute atomic E-state index is 0.381. The van der Waals surface area contributed by atoms with Crippen LogP contribution < -0.4 is 10.5 Å². The summed E-state index contributed by atoms with van der Waals surface area (Å²) in [6.45, 7) is 4.92. The van der Waals surface area contributed by atoms with E-state index in [0.717, 1.165) is 30.8 Å². The molecule has 0 saturated heterocycles. The van der Waals surface area contributed by atoms with Gasteiger partial charge in [0.05, 0.1) is 12.2 Å². The second-order valence-electron chi connectivity index (χ2n) is 3.96. The summed E-state index contributed by atoms with van der Waals surface area (Å²) < 4.78 is 5.70. The van der Waals surface area contributed by atoms with Crippen LogP contribution in [-0.2, 0) is 0 Å². The van der Waals surface area contributed by atoms with Crippen LogP contribution in [0.15, 0.2) is 24.3 Å². The van der Waals surface area contributed by atoms with Gasteiger partial charge in [0.2, 0.25) is 0 Å². The van der Waals surface area contributed by atoms with Crippen molar-refractivity contribution in [2.75, 3.05) is 26.7 Å². The van der Waals surface area contributed by atoms with Crippen molar-refractivity contribution in [3.63, 3.8) is 0 Å². The minimum Gasteiger partial charge on any atom is -0.493 e. The molecule has 4 heteroatoms. The first kappa shape index (κ1) is 13.9. The molecule has 0 spiro atoms. The number of nitrogens with zero attached hydrogens (tertiary/aromatic N) is 1. The molecule has 2 N–H and O–H groups in total. The molecular weight excluding hydrogens is 232 g/mol. The molecule has 0 amide bonds. The highest BCUT2D eigenvalue weighted by molar-refractivity contribution is 7.80. The van der Waals surface area contributed by atoms with Crippen molar-refractivity contribution in [1.29, 1.82) is 0 Å². The highest BCUT2D eigenvalue weighted by atomic mass is 32.1. The molecule has 1 aromatic carbocycles. The number of ether oxygens (including phenoxy) is 1. The van der Waals surface area contributed by atoms with Crippen LogP contribution in [0.3, 0.4) is 0 Å². The molecule has 17 heavy (non-hydrogen) atoms. The molecule has 1 rings (SSSR count).